The maximum Gasteiger partial charge on any atom is 0.253 e. The molecule has 0 unspecified atom stereocenters. The van der Waals surface area contributed by atoms with E-state index in [1.807, 2.05) is 4.90 Å². The van der Waals surface area contributed by atoms with Gasteiger partial charge in [0, 0.05) is 26.2 Å². The lowest BCUT2D eigenvalue weighted by Crippen LogP contribution is -2.51. The fourth-order valence-corrected chi connectivity index (χ4v) is 3.13. The largest absolute Gasteiger partial charge is 0.366 e. The third-order valence-electron chi connectivity index (χ3n) is 4.34. The second-order valence-corrected chi connectivity index (χ2v) is 6.39. The molecule has 1 heterocycles. The van der Waals surface area contributed by atoms with Crippen molar-refractivity contribution in [2.75, 3.05) is 37.6 Å². The molecule has 0 saturated carbocycles. The van der Waals surface area contributed by atoms with E-state index in [9.17, 15) is 14.0 Å². The van der Waals surface area contributed by atoms with Gasteiger partial charge in [0.05, 0.1) is 22.8 Å². The molecule has 0 aromatic heterocycles. The Balaban J connectivity index is 1.50. The van der Waals surface area contributed by atoms with Crippen LogP contribution in [-0.4, -0.2) is 49.4 Å². The molecule has 26 heavy (non-hydrogen) atoms. The summed E-state index contributed by atoms with van der Waals surface area (Å²) in [6, 6.07) is 13.3. The van der Waals surface area contributed by atoms with Crippen LogP contribution >= 0.6 is 11.6 Å². The molecule has 7 heteroatoms. The normalized spacial score (nSPS) is 14.2. The summed E-state index contributed by atoms with van der Waals surface area (Å²) < 4.78 is 13.9. The topological polar surface area (TPSA) is 52.7 Å². The number of carbonyl (C=O) groups excluding carboxylic acids is 2. The summed E-state index contributed by atoms with van der Waals surface area (Å²) >= 11 is 5.98. The standard InChI is InChI=1S/C19H19ClFN3O2/c20-15-6-2-1-5-14(15)19(26)22-13-18(25)24-11-9-23(10-12-24)17-8-4-3-7-16(17)21/h1-8H,9-13H2,(H,22,26). The summed E-state index contributed by atoms with van der Waals surface area (Å²) in [6.07, 6.45) is 0. The van der Waals surface area contributed by atoms with Crippen molar-refractivity contribution in [3.63, 3.8) is 0 Å². The lowest BCUT2D eigenvalue weighted by Gasteiger charge is -2.36. The van der Waals surface area contributed by atoms with Crippen LogP contribution in [-0.2, 0) is 4.79 Å². The highest BCUT2D eigenvalue weighted by atomic mass is 35.5. The Morgan fingerprint density at radius 2 is 1.65 bits per heavy atom. The van der Waals surface area contributed by atoms with Gasteiger partial charge in [0.2, 0.25) is 5.91 Å². The first-order valence-corrected chi connectivity index (χ1v) is 8.74. The second kappa shape index (κ2) is 8.19. The summed E-state index contributed by atoms with van der Waals surface area (Å²) in [5, 5.41) is 2.94. The van der Waals surface area contributed by atoms with Crippen molar-refractivity contribution in [2.24, 2.45) is 0 Å². The molecule has 0 radical (unpaired) electrons. The van der Waals surface area contributed by atoms with E-state index in [1.54, 1.807) is 47.4 Å². The zero-order valence-electron chi connectivity index (χ0n) is 14.1. The molecular formula is C19H19ClFN3O2. The van der Waals surface area contributed by atoms with E-state index in [2.05, 4.69) is 5.32 Å². The Hall–Kier alpha value is -2.60. The molecule has 2 aromatic carbocycles. The van der Waals surface area contributed by atoms with Gasteiger partial charge in [-0.05, 0) is 24.3 Å². The van der Waals surface area contributed by atoms with Crippen molar-refractivity contribution in [1.82, 2.24) is 10.2 Å². The van der Waals surface area contributed by atoms with E-state index in [0.29, 0.717) is 42.5 Å². The maximum absolute atomic E-state index is 13.9. The highest BCUT2D eigenvalue weighted by Crippen LogP contribution is 2.20. The summed E-state index contributed by atoms with van der Waals surface area (Å²) in [7, 11) is 0. The van der Waals surface area contributed by atoms with Crippen molar-refractivity contribution in [2.45, 2.75) is 0 Å². The molecule has 1 saturated heterocycles. The highest BCUT2D eigenvalue weighted by molar-refractivity contribution is 6.33. The smallest absolute Gasteiger partial charge is 0.253 e. The third kappa shape index (κ3) is 4.14. The number of halogens is 2. The first-order valence-electron chi connectivity index (χ1n) is 8.36. The lowest BCUT2D eigenvalue weighted by molar-refractivity contribution is -0.130. The van der Waals surface area contributed by atoms with E-state index >= 15 is 0 Å². The van der Waals surface area contributed by atoms with Crippen molar-refractivity contribution < 1.29 is 14.0 Å². The third-order valence-corrected chi connectivity index (χ3v) is 4.67. The zero-order valence-corrected chi connectivity index (χ0v) is 14.9. The number of hydrogen-bond donors (Lipinski definition) is 1. The zero-order chi connectivity index (χ0) is 18.5. The molecular weight excluding hydrogens is 357 g/mol. The number of rotatable bonds is 4. The lowest BCUT2D eigenvalue weighted by atomic mass is 10.2. The van der Waals surface area contributed by atoms with Gasteiger partial charge in [-0.3, -0.25) is 9.59 Å². The molecule has 1 aliphatic heterocycles. The van der Waals surface area contributed by atoms with Crippen molar-refractivity contribution >= 4 is 29.1 Å². The minimum absolute atomic E-state index is 0.0935. The number of anilines is 1. The van der Waals surface area contributed by atoms with Gasteiger partial charge in [-0.2, -0.15) is 0 Å². The predicted octanol–water partition coefficient (Wildman–Crippen LogP) is 2.56. The van der Waals surface area contributed by atoms with Gasteiger partial charge in [-0.25, -0.2) is 4.39 Å². The van der Waals surface area contributed by atoms with Gasteiger partial charge in [0.1, 0.15) is 5.82 Å². The Kier molecular flexibility index (Phi) is 5.73. The van der Waals surface area contributed by atoms with Crippen LogP contribution < -0.4 is 10.2 Å². The molecule has 2 aromatic rings. The fraction of sp³-hybridized carbons (Fsp3) is 0.263. The van der Waals surface area contributed by atoms with Gasteiger partial charge >= 0.3 is 0 Å². The molecule has 2 amide bonds. The molecule has 0 atom stereocenters. The van der Waals surface area contributed by atoms with Crippen LogP contribution in [0.15, 0.2) is 48.5 Å². The number of hydrogen-bond acceptors (Lipinski definition) is 3. The molecule has 1 fully saturated rings. The number of piperazine rings is 1. The van der Waals surface area contributed by atoms with Crippen LogP contribution in [0, 0.1) is 5.82 Å². The van der Waals surface area contributed by atoms with Crippen molar-refractivity contribution in [3.05, 3.63) is 64.9 Å². The number of nitrogens with zero attached hydrogens (tertiary/aromatic N) is 2. The molecule has 1 aliphatic rings. The van der Waals surface area contributed by atoms with E-state index in [-0.39, 0.29) is 24.2 Å². The fourth-order valence-electron chi connectivity index (χ4n) is 2.91. The van der Waals surface area contributed by atoms with Crippen LogP contribution in [0.3, 0.4) is 0 Å². The van der Waals surface area contributed by atoms with Gasteiger partial charge in [0.15, 0.2) is 0 Å². The molecule has 5 nitrogen and oxygen atoms in total. The Morgan fingerprint density at radius 1 is 1.00 bits per heavy atom. The molecule has 1 N–H and O–H groups in total. The second-order valence-electron chi connectivity index (χ2n) is 5.98. The number of nitrogens with one attached hydrogen (secondary N) is 1. The highest BCUT2D eigenvalue weighted by Gasteiger charge is 2.23. The molecule has 3 rings (SSSR count). The van der Waals surface area contributed by atoms with E-state index in [0.717, 1.165) is 0 Å². The average Bonchev–Trinajstić information content (AvgIpc) is 2.67. The van der Waals surface area contributed by atoms with E-state index < -0.39 is 0 Å². The Bertz CT molecular complexity index is 807. The van der Waals surface area contributed by atoms with Crippen molar-refractivity contribution in [3.8, 4) is 0 Å². The number of benzene rings is 2. The van der Waals surface area contributed by atoms with Crippen LogP contribution in [0.4, 0.5) is 10.1 Å². The monoisotopic (exact) mass is 375 g/mol. The number of carbonyl (C=O) groups is 2. The summed E-state index contributed by atoms with van der Waals surface area (Å²) in [4.78, 5) is 28.0. The van der Waals surface area contributed by atoms with Crippen LogP contribution in [0.5, 0.6) is 0 Å². The predicted molar refractivity (Wildman–Crippen MR) is 99.0 cm³/mol. The van der Waals surface area contributed by atoms with Gasteiger partial charge in [-0.15, -0.1) is 0 Å². The first-order chi connectivity index (χ1) is 12.6. The van der Waals surface area contributed by atoms with Gasteiger partial charge in [0.25, 0.3) is 5.91 Å². The first kappa shape index (κ1) is 18.2. The average molecular weight is 376 g/mol. The molecule has 0 spiro atoms. The minimum Gasteiger partial charge on any atom is -0.366 e. The molecule has 136 valence electrons. The minimum atomic E-state index is -0.381. The Morgan fingerprint density at radius 3 is 2.35 bits per heavy atom. The molecule has 0 aliphatic carbocycles. The van der Waals surface area contributed by atoms with E-state index in [4.69, 9.17) is 11.6 Å². The summed E-state index contributed by atoms with van der Waals surface area (Å²) in [5.74, 6) is -0.813. The summed E-state index contributed by atoms with van der Waals surface area (Å²) in [6.45, 7) is 1.96. The quantitative estimate of drug-likeness (QED) is 0.893. The van der Waals surface area contributed by atoms with Crippen molar-refractivity contribution in [1.29, 1.82) is 0 Å². The van der Waals surface area contributed by atoms with Crippen LogP contribution in [0.25, 0.3) is 0 Å². The number of para-hydroxylation sites is 1. The SMILES string of the molecule is O=C(NCC(=O)N1CCN(c2ccccc2F)CC1)c1ccccc1Cl. The van der Waals surface area contributed by atoms with Gasteiger partial charge in [-0.1, -0.05) is 35.9 Å². The Labute approximate surface area is 156 Å². The van der Waals surface area contributed by atoms with E-state index in [1.165, 1.54) is 6.07 Å². The van der Waals surface area contributed by atoms with Crippen LogP contribution in [0.2, 0.25) is 5.02 Å². The molecule has 0 bridgehead atoms. The van der Waals surface area contributed by atoms with Crippen LogP contribution in [0.1, 0.15) is 10.4 Å². The van der Waals surface area contributed by atoms with Gasteiger partial charge < -0.3 is 15.1 Å². The number of amides is 2. The summed E-state index contributed by atoms with van der Waals surface area (Å²) in [5.41, 5.74) is 0.887. The maximum atomic E-state index is 13.9.